The van der Waals surface area contributed by atoms with Crippen molar-refractivity contribution in [1.82, 2.24) is 59.4 Å². The van der Waals surface area contributed by atoms with Crippen molar-refractivity contribution < 1.29 is 4.52 Å². The zero-order valence-electron chi connectivity index (χ0n) is 27.1. The van der Waals surface area contributed by atoms with E-state index in [2.05, 4.69) is 41.4 Å². The summed E-state index contributed by atoms with van der Waals surface area (Å²) < 4.78 is 9.75. The molecule has 0 aliphatic carbocycles. The minimum atomic E-state index is 0.467. The van der Waals surface area contributed by atoms with Crippen LogP contribution in [0.4, 0.5) is 0 Å². The Balaban J connectivity index is 1.57. The van der Waals surface area contributed by atoms with Crippen molar-refractivity contribution in [1.29, 1.82) is 0 Å². The van der Waals surface area contributed by atoms with E-state index in [4.69, 9.17) is 34.7 Å². The number of hydrogen-bond acceptors (Lipinski definition) is 10. The minimum Gasteiger partial charge on any atom is -0.363 e. The Bertz CT molecular complexity index is 2820. The molecule has 1 N–H and O–H groups in total. The van der Waals surface area contributed by atoms with Gasteiger partial charge >= 0.3 is 0 Å². The van der Waals surface area contributed by atoms with Crippen LogP contribution in [0.15, 0.2) is 146 Å². The molecular formula is C39H24N12O. The van der Waals surface area contributed by atoms with E-state index in [1.807, 2.05) is 67.0 Å². The van der Waals surface area contributed by atoms with Gasteiger partial charge in [-0.3, -0.25) is 24.6 Å². The summed E-state index contributed by atoms with van der Waals surface area (Å²) in [4.78, 5) is 24.1. The Labute approximate surface area is 294 Å². The van der Waals surface area contributed by atoms with Crippen LogP contribution >= 0.6 is 0 Å². The average molecular weight is 677 g/mol. The zero-order chi connectivity index (χ0) is 34.4. The lowest BCUT2D eigenvalue weighted by molar-refractivity contribution is 0.417. The van der Waals surface area contributed by atoms with E-state index in [9.17, 15) is 0 Å². The number of rotatable bonds is 7. The van der Waals surface area contributed by atoms with Crippen molar-refractivity contribution in [3.8, 4) is 73.5 Å². The van der Waals surface area contributed by atoms with Gasteiger partial charge in [0.2, 0.25) is 0 Å². The first-order chi connectivity index (χ1) is 25.9. The second-order valence-corrected chi connectivity index (χ2v) is 11.8. The summed E-state index contributed by atoms with van der Waals surface area (Å²) in [6.07, 6.45) is 19.4. The van der Waals surface area contributed by atoms with Gasteiger partial charge in [-0.1, -0.05) is 17.3 Å². The number of benzene rings is 1. The van der Waals surface area contributed by atoms with Crippen LogP contribution in [-0.4, -0.2) is 59.4 Å². The second-order valence-electron chi connectivity index (χ2n) is 11.8. The van der Waals surface area contributed by atoms with Gasteiger partial charge in [0, 0.05) is 101 Å². The van der Waals surface area contributed by atoms with Crippen molar-refractivity contribution in [2.24, 2.45) is 0 Å². The van der Waals surface area contributed by atoms with Gasteiger partial charge in [-0.05, 0) is 54.6 Å². The van der Waals surface area contributed by atoms with Crippen LogP contribution in [0.25, 0.3) is 89.9 Å². The van der Waals surface area contributed by atoms with Gasteiger partial charge in [0.25, 0.3) is 0 Å². The topological polar surface area (TPSA) is 154 Å². The summed E-state index contributed by atoms with van der Waals surface area (Å²) >= 11 is 0. The first kappa shape index (κ1) is 29.3. The van der Waals surface area contributed by atoms with Crippen molar-refractivity contribution in [2.75, 3.05) is 0 Å². The molecule has 0 aliphatic rings. The van der Waals surface area contributed by atoms with Crippen LogP contribution < -0.4 is 0 Å². The van der Waals surface area contributed by atoms with Crippen LogP contribution in [0.3, 0.4) is 0 Å². The summed E-state index contributed by atoms with van der Waals surface area (Å²) in [5, 5.41) is 22.3. The first-order valence-corrected chi connectivity index (χ1v) is 16.4. The molecule has 10 aromatic rings. The molecule has 1 aromatic carbocycles. The quantitative estimate of drug-likeness (QED) is 0.181. The van der Waals surface area contributed by atoms with Crippen LogP contribution in [0.5, 0.6) is 0 Å². The number of hydrogen-bond donors (Lipinski definition) is 1. The summed E-state index contributed by atoms with van der Waals surface area (Å²) in [6, 6.07) is 23.4. The van der Waals surface area contributed by atoms with Gasteiger partial charge < -0.3 is 8.92 Å². The molecule has 52 heavy (non-hydrogen) atoms. The predicted octanol–water partition coefficient (Wildman–Crippen LogP) is 7.36. The van der Waals surface area contributed by atoms with Crippen molar-refractivity contribution in [3.05, 3.63) is 141 Å². The third kappa shape index (κ3) is 4.53. The molecule has 9 aromatic heterocycles. The van der Waals surface area contributed by atoms with E-state index >= 15 is 0 Å². The highest BCUT2D eigenvalue weighted by molar-refractivity contribution is 6.23. The van der Waals surface area contributed by atoms with Crippen molar-refractivity contribution >= 4 is 16.4 Å². The van der Waals surface area contributed by atoms with Crippen LogP contribution in [0.1, 0.15) is 0 Å². The number of fused-ring (bicyclic) bond motifs is 2. The maximum absolute atomic E-state index is 5.56. The molecular weight excluding hydrogens is 653 g/mol. The molecule has 0 aliphatic heterocycles. The maximum Gasteiger partial charge on any atom is 0.181 e. The van der Waals surface area contributed by atoms with Gasteiger partial charge in [-0.2, -0.15) is 15.3 Å². The maximum atomic E-state index is 5.56. The lowest BCUT2D eigenvalue weighted by Crippen LogP contribution is -2.04. The summed E-state index contributed by atoms with van der Waals surface area (Å²) in [5.74, 6) is 1.01. The van der Waals surface area contributed by atoms with Crippen LogP contribution in [-0.2, 0) is 0 Å². The third-order valence-electron chi connectivity index (χ3n) is 9.00. The number of aromatic nitrogens is 12. The Hall–Kier alpha value is -7.67. The molecule has 0 radical (unpaired) electrons. The monoisotopic (exact) mass is 676 g/mol. The van der Waals surface area contributed by atoms with Gasteiger partial charge in [0.15, 0.2) is 11.6 Å². The molecule has 0 saturated heterocycles. The number of nitrogens with zero attached hydrogens (tertiary/aromatic N) is 11. The van der Waals surface area contributed by atoms with E-state index in [0.29, 0.717) is 40.0 Å². The minimum absolute atomic E-state index is 0.467. The average Bonchev–Trinajstić information content (AvgIpc) is 4.05. The molecule has 0 bridgehead atoms. The van der Waals surface area contributed by atoms with Crippen molar-refractivity contribution in [3.63, 3.8) is 0 Å². The first-order valence-electron chi connectivity index (χ1n) is 16.4. The smallest absolute Gasteiger partial charge is 0.181 e. The van der Waals surface area contributed by atoms with Gasteiger partial charge in [-0.15, -0.1) is 0 Å². The molecule has 13 nitrogen and oxygen atoms in total. The van der Waals surface area contributed by atoms with E-state index in [1.165, 1.54) is 0 Å². The van der Waals surface area contributed by atoms with E-state index in [1.54, 1.807) is 61.9 Å². The van der Waals surface area contributed by atoms with E-state index < -0.39 is 0 Å². The molecule has 0 amide bonds. The van der Waals surface area contributed by atoms with Crippen molar-refractivity contribution in [2.45, 2.75) is 0 Å². The zero-order valence-corrected chi connectivity index (χ0v) is 27.1. The van der Waals surface area contributed by atoms with E-state index in [0.717, 1.165) is 49.9 Å². The summed E-state index contributed by atoms with van der Waals surface area (Å²) in [5.41, 5.74) is 9.73. The fourth-order valence-corrected chi connectivity index (χ4v) is 7.04. The largest absolute Gasteiger partial charge is 0.363 e. The Morgan fingerprint density at radius 2 is 1.48 bits per heavy atom. The molecule has 9 heterocycles. The standard InChI is InChI=1S/C39H24N12O/c1-3-13-41-25(7-1)31-32(28-23-40-18-19-42-28)36(39-43-14-6-15-44-39)35-34(26-8-5-16-45-47-26)37(24-11-21-50-20-4-2-9-29(24)50)51(30-12-22-52-49-30)38(35)33(31)27-10-17-46-48-27/h1-23H,(H,46,48). The lowest BCUT2D eigenvalue weighted by atomic mass is 9.85. The van der Waals surface area contributed by atoms with E-state index in [-0.39, 0.29) is 0 Å². The molecule has 13 heteroatoms. The summed E-state index contributed by atoms with van der Waals surface area (Å²) in [6.45, 7) is 0. The van der Waals surface area contributed by atoms with Crippen LogP contribution in [0.2, 0.25) is 0 Å². The molecule has 0 saturated carbocycles. The summed E-state index contributed by atoms with van der Waals surface area (Å²) in [7, 11) is 0. The highest BCUT2D eigenvalue weighted by atomic mass is 16.5. The molecule has 246 valence electrons. The molecule has 0 spiro atoms. The molecule has 0 unspecified atom stereocenters. The normalized spacial score (nSPS) is 11.5. The number of pyridine rings is 2. The molecule has 10 rings (SSSR count). The fraction of sp³-hybridized carbons (Fsp3) is 0. The molecule has 0 atom stereocenters. The Morgan fingerprint density at radius 1 is 0.615 bits per heavy atom. The Morgan fingerprint density at radius 3 is 2.25 bits per heavy atom. The lowest BCUT2D eigenvalue weighted by Gasteiger charge is -2.20. The number of nitrogens with one attached hydrogen (secondary N) is 1. The number of aromatic amines is 1. The number of H-pyrrole nitrogens is 1. The van der Waals surface area contributed by atoms with Gasteiger partial charge in [0.1, 0.15) is 6.26 Å². The van der Waals surface area contributed by atoms with Gasteiger partial charge in [-0.25, -0.2) is 9.97 Å². The Kier molecular flexibility index (Phi) is 6.77. The highest BCUT2D eigenvalue weighted by Crippen LogP contribution is 2.55. The highest BCUT2D eigenvalue weighted by Gasteiger charge is 2.35. The SMILES string of the molecule is c1ccc(-c2c(-c3cnccn3)c(-c3ncccn3)c3c(-c4cccnn4)c(-c4ccn5ccccc45)n(-c4ccon4)c3c2-c2cc[nH]n2)nc1. The molecule has 0 fully saturated rings. The third-order valence-corrected chi connectivity index (χ3v) is 9.00. The second kappa shape index (κ2) is 12.0. The predicted molar refractivity (Wildman–Crippen MR) is 194 cm³/mol. The van der Waals surface area contributed by atoms with Crippen LogP contribution in [0, 0.1) is 0 Å². The fourth-order valence-electron chi connectivity index (χ4n) is 7.04. The van der Waals surface area contributed by atoms with Gasteiger partial charge in [0.05, 0.1) is 45.7 Å².